The average Bonchev–Trinajstić information content (AvgIpc) is 3.36. The Balaban J connectivity index is 1.22. The number of hydrogen-bond acceptors (Lipinski definition) is 21. The molecule has 0 aliphatic carbocycles. The number of phenols is 3. The maximum Gasteiger partial charge on any atom is 0.402 e. The second kappa shape index (κ2) is 19.4. The van der Waals surface area contributed by atoms with E-state index >= 15 is 0 Å². The zero-order valence-corrected chi connectivity index (χ0v) is 32.8. The van der Waals surface area contributed by atoms with Crippen LogP contribution in [-0.4, -0.2) is 184 Å². The van der Waals surface area contributed by atoms with Crippen molar-refractivity contribution >= 4 is 16.9 Å². The standard InChI is InChI=1S/C41H46O22/c42-13-26-31(49)30(48)22(47)12-29(58-26)57-23-9-20(46)10-24-21(23)11-25(37(59-24)16-1-5-18(44)6-2-16)60-41-38(35(53)32(50)27(14-43)61-41)63-40-36(54)34(52)33(51)28(62-40)15-56-39(55)17-3-7-19(45)8-4-17/h1-11,22,26-36,38,40-43,47-54H,12-15H2,(H2-,44,45,46,55)/p+1. The summed E-state index contributed by atoms with van der Waals surface area (Å²) in [6.45, 7) is -2.32. The summed E-state index contributed by atoms with van der Waals surface area (Å²) in [6.07, 6.45) is -26.7. The van der Waals surface area contributed by atoms with Crippen LogP contribution in [0.5, 0.6) is 28.7 Å². The number of benzene rings is 3. The lowest BCUT2D eigenvalue weighted by molar-refractivity contribution is -0.357. The van der Waals surface area contributed by atoms with Gasteiger partial charge in [0.25, 0.3) is 0 Å². The van der Waals surface area contributed by atoms with Gasteiger partial charge in [0.15, 0.2) is 12.4 Å². The Hall–Kier alpha value is -5.02. The number of ether oxygens (including phenoxy) is 7. The minimum atomic E-state index is -2.03. The number of aromatic hydroxyl groups is 3. The maximum atomic E-state index is 12.7. The van der Waals surface area contributed by atoms with Gasteiger partial charge in [-0.15, -0.1) is 0 Å². The Bertz CT molecular complexity index is 2170. The number of esters is 1. The Morgan fingerprint density at radius 3 is 1.89 bits per heavy atom. The van der Waals surface area contributed by atoms with Crippen LogP contribution in [0.15, 0.2) is 71.1 Å². The van der Waals surface area contributed by atoms with Crippen LogP contribution in [0.2, 0.25) is 0 Å². The molecule has 3 fully saturated rings. The zero-order chi connectivity index (χ0) is 45.3. The van der Waals surface area contributed by atoms with E-state index < -0.39 is 130 Å². The van der Waals surface area contributed by atoms with E-state index in [0.717, 1.165) is 6.07 Å². The molecule has 22 nitrogen and oxygen atoms in total. The predicted molar refractivity (Wildman–Crippen MR) is 207 cm³/mol. The van der Waals surface area contributed by atoms with Gasteiger partial charge in [0.1, 0.15) is 96.0 Å². The van der Waals surface area contributed by atoms with Gasteiger partial charge in [0.2, 0.25) is 18.3 Å². The third-order valence-electron chi connectivity index (χ3n) is 10.8. The van der Waals surface area contributed by atoms with Gasteiger partial charge in [-0.25, -0.2) is 9.21 Å². The van der Waals surface area contributed by atoms with Gasteiger partial charge < -0.3 is 99.5 Å². The maximum absolute atomic E-state index is 12.7. The predicted octanol–water partition coefficient (Wildman–Crippen LogP) is -2.07. The van der Waals surface area contributed by atoms with E-state index in [0.29, 0.717) is 0 Å². The number of aliphatic hydroxyl groups excluding tert-OH is 10. The van der Waals surface area contributed by atoms with Gasteiger partial charge in [-0.05, 0) is 48.5 Å². The number of aliphatic hydroxyl groups is 10. The molecule has 0 amide bonds. The van der Waals surface area contributed by atoms with Crippen LogP contribution in [-0.2, 0) is 23.7 Å². The van der Waals surface area contributed by atoms with Gasteiger partial charge in [0, 0.05) is 18.6 Å². The summed E-state index contributed by atoms with van der Waals surface area (Å²) in [5, 5.41) is 136. The molecular formula is C41H47O22+. The highest BCUT2D eigenvalue weighted by atomic mass is 16.8. The van der Waals surface area contributed by atoms with E-state index in [1.807, 2.05) is 0 Å². The van der Waals surface area contributed by atoms with Gasteiger partial charge >= 0.3 is 17.3 Å². The molecule has 22 heteroatoms. The summed E-state index contributed by atoms with van der Waals surface area (Å²) in [6, 6.07) is 14.2. The van der Waals surface area contributed by atoms with E-state index in [1.54, 1.807) is 0 Å². The van der Waals surface area contributed by atoms with Gasteiger partial charge in [0.05, 0.1) is 36.5 Å². The summed E-state index contributed by atoms with van der Waals surface area (Å²) in [7, 11) is 0. The summed E-state index contributed by atoms with van der Waals surface area (Å²) >= 11 is 0. The molecule has 3 aliphatic rings. The summed E-state index contributed by atoms with van der Waals surface area (Å²) in [4.78, 5) is 12.7. The SMILES string of the molecule is O=C(OCC1OC(OC2C(Oc3cc4c(OC5CC(O)C(O)C(O)C(CO)O5)cc(O)cc4[o+]c3-c3ccc(O)cc3)OC(CO)C(O)C2O)C(O)C(O)C1O)c1ccc(O)cc1. The highest BCUT2D eigenvalue weighted by Gasteiger charge is 2.52. The molecule has 0 spiro atoms. The lowest BCUT2D eigenvalue weighted by atomic mass is 9.97. The third-order valence-corrected chi connectivity index (χ3v) is 10.8. The first-order chi connectivity index (χ1) is 30.1. The fourth-order valence-corrected chi connectivity index (χ4v) is 7.23. The van der Waals surface area contributed by atoms with Crippen LogP contribution < -0.4 is 9.47 Å². The van der Waals surface area contributed by atoms with Crippen molar-refractivity contribution in [2.45, 2.75) is 98.5 Å². The van der Waals surface area contributed by atoms with Crippen molar-refractivity contribution in [3.63, 3.8) is 0 Å². The molecule has 4 aromatic rings. The second-order valence-corrected chi connectivity index (χ2v) is 15.1. The van der Waals surface area contributed by atoms with E-state index in [9.17, 15) is 71.2 Å². The van der Waals surface area contributed by atoms with Crippen molar-refractivity contribution in [1.82, 2.24) is 0 Å². The van der Waals surface area contributed by atoms with Crippen LogP contribution in [0.1, 0.15) is 16.8 Å². The molecule has 3 saturated heterocycles. The van der Waals surface area contributed by atoms with Crippen LogP contribution in [0.3, 0.4) is 0 Å². The second-order valence-electron chi connectivity index (χ2n) is 15.1. The number of carbonyl (C=O) groups excluding carboxylic acids is 1. The quantitative estimate of drug-likeness (QED) is 0.0537. The molecule has 3 aromatic carbocycles. The topological polar surface area (TPSA) is 356 Å². The van der Waals surface area contributed by atoms with Crippen molar-refractivity contribution in [3.8, 4) is 40.1 Å². The molecule has 4 heterocycles. The molecule has 342 valence electrons. The normalized spacial score (nSPS) is 33.7. The fourth-order valence-electron chi connectivity index (χ4n) is 7.23. The Kier molecular flexibility index (Phi) is 14.1. The number of fused-ring (bicyclic) bond motifs is 1. The third kappa shape index (κ3) is 9.89. The van der Waals surface area contributed by atoms with Crippen molar-refractivity contribution in [2.24, 2.45) is 0 Å². The molecule has 63 heavy (non-hydrogen) atoms. The smallest absolute Gasteiger partial charge is 0.402 e. The lowest BCUT2D eigenvalue weighted by Crippen LogP contribution is -2.65. The first-order valence-corrected chi connectivity index (χ1v) is 19.6. The van der Waals surface area contributed by atoms with Gasteiger partial charge in [-0.2, -0.15) is 0 Å². The summed E-state index contributed by atoms with van der Waals surface area (Å²) < 4.78 is 46.9. The van der Waals surface area contributed by atoms with Crippen LogP contribution >= 0.6 is 0 Å². The van der Waals surface area contributed by atoms with Crippen molar-refractivity contribution < 1.29 is 109 Å². The molecule has 0 radical (unpaired) electrons. The van der Waals surface area contributed by atoms with Gasteiger partial charge in [-0.3, -0.25) is 0 Å². The van der Waals surface area contributed by atoms with Crippen LogP contribution in [0.4, 0.5) is 0 Å². The highest BCUT2D eigenvalue weighted by Crippen LogP contribution is 2.42. The molecule has 0 saturated carbocycles. The molecule has 3 aliphatic heterocycles. The first kappa shape index (κ1) is 46.0. The van der Waals surface area contributed by atoms with Crippen molar-refractivity contribution in [1.29, 1.82) is 0 Å². The van der Waals surface area contributed by atoms with Crippen molar-refractivity contribution in [2.75, 3.05) is 19.8 Å². The number of rotatable bonds is 12. The Morgan fingerprint density at radius 1 is 0.619 bits per heavy atom. The molecule has 0 bridgehead atoms. The molecule has 7 rings (SSSR count). The van der Waals surface area contributed by atoms with Crippen LogP contribution in [0.25, 0.3) is 22.3 Å². The minimum Gasteiger partial charge on any atom is -0.508 e. The van der Waals surface area contributed by atoms with E-state index in [2.05, 4.69) is 0 Å². The zero-order valence-electron chi connectivity index (χ0n) is 32.8. The molecular weight excluding hydrogens is 844 g/mol. The lowest BCUT2D eigenvalue weighted by Gasteiger charge is -2.45. The minimum absolute atomic E-state index is 0.0236. The number of phenolic OH excluding ortho intramolecular Hbond substituents is 3. The molecule has 15 atom stereocenters. The Labute approximate surface area is 356 Å². The summed E-state index contributed by atoms with van der Waals surface area (Å²) in [5.41, 5.74) is 0.216. The number of carbonyl (C=O) groups is 1. The summed E-state index contributed by atoms with van der Waals surface area (Å²) in [5.74, 6) is -2.07. The highest BCUT2D eigenvalue weighted by molar-refractivity contribution is 5.90. The monoisotopic (exact) mass is 891 g/mol. The van der Waals surface area contributed by atoms with Crippen LogP contribution in [0, 0.1) is 0 Å². The molecule has 15 unspecified atom stereocenters. The molecule has 1 aromatic heterocycles. The average molecular weight is 892 g/mol. The molecule has 13 N–H and O–H groups in total. The largest absolute Gasteiger partial charge is 0.508 e. The van der Waals surface area contributed by atoms with E-state index in [-0.39, 0.29) is 50.9 Å². The van der Waals surface area contributed by atoms with Gasteiger partial charge in [-0.1, -0.05) is 0 Å². The fraction of sp³-hybridized carbons (Fsp3) is 0.463. The van der Waals surface area contributed by atoms with E-state index in [4.69, 9.17) is 37.6 Å². The Morgan fingerprint density at radius 2 is 1.22 bits per heavy atom. The number of hydrogen-bond donors (Lipinski definition) is 13. The first-order valence-electron chi connectivity index (χ1n) is 19.6. The van der Waals surface area contributed by atoms with E-state index in [1.165, 1.54) is 60.7 Å². The van der Waals surface area contributed by atoms with Crippen molar-refractivity contribution in [3.05, 3.63) is 72.3 Å².